The molecule has 1 aromatic rings. The van der Waals surface area contributed by atoms with Crippen LogP contribution in [0.15, 0.2) is 24.3 Å². The molecule has 0 radical (unpaired) electrons. The number of nitrogens with zero attached hydrogens (tertiary/aromatic N) is 1. The van der Waals surface area contributed by atoms with E-state index in [0.717, 1.165) is 6.42 Å². The summed E-state index contributed by atoms with van der Waals surface area (Å²) in [4.78, 5) is 2.60. The van der Waals surface area contributed by atoms with Crippen LogP contribution in [0.25, 0.3) is 0 Å². The number of rotatable bonds is 5. The predicted octanol–water partition coefficient (Wildman–Crippen LogP) is 2.99. The second-order valence-electron chi connectivity index (χ2n) is 6.63. The molecule has 1 aliphatic heterocycles. The highest BCUT2D eigenvalue weighted by atomic mass is 15.1. The van der Waals surface area contributed by atoms with Gasteiger partial charge < -0.3 is 10.6 Å². The van der Waals surface area contributed by atoms with Crippen LogP contribution in [0.1, 0.15) is 44.2 Å². The standard InChI is InChI=1S/C17H28N2/c1-17(2,18)14-16-8-6-15(7-9-16)10-13-19-11-4-3-5-12-19/h6-9H,3-5,10-14,18H2,1-2H3. The van der Waals surface area contributed by atoms with E-state index in [0.29, 0.717) is 0 Å². The van der Waals surface area contributed by atoms with Crippen LogP contribution in [0.5, 0.6) is 0 Å². The molecule has 2 N–H and O–H groups in total. The minimum Gasteiger partial charge on any atom is -0.325 e. The van der Waals surface area contributed by atoms with Crippen molar-refractivity contribution in [3.63, 3.8) is 0 Å². The topological polar surface area (TPSA) is 29.3 Å². The zero-order chi connectivity index (χ0) is 13.7. The molecule has 0 saturated carbocycles. The molecule has 1 aliphatic rings. The van der Waals surface area contributed by atoms with Gasteiger partial charge in [-0.25, -0.2) is 0 Å². The highest BCUT2D eigenvalue weighted by Crippen LogP contribution is 2.13. The van der Waals surface area contributed by atoms with Gasteiger partial charge in [-0.05, 0) is 63.7 Å². The van der Waals surface area contributed by atoms with Gasteiger partial charge in [-0.3, -0.25) is 0 Å². The second-order valence-corrected chi connectivity index (χ2v) is 6.63. The Morgan fingerprint density at radius 1 is 1.00 bits per heavy atom. The monoisotopic (exact) mass is 260 g/mol. The minimum atomic E-state index is -0.116. The molecule has 0 bridgehead atoms. The van der Waals surface area contributed by atoms with Crippen molar-refractivity contribution >= 4 is 0 Å². The maximum absolute atomic E-state index is 6.06. The molecule has 0 spiro atoms. The van der Waals surface area contributed by atoms with Gasteiger partial charge in [0.1, 0.15) is 0 Å². The summed E-state index contributed by atoms with van der Waals surface area (Å²) in [5.41, 5.74) is 8.73. The lowest BCUT2D eigenvalue weighted by atomic mass is 9.95. The van der Waals surface area contributed by atoms with Crippen LogP contribution >= 0.6 is 0 Å². The van der Waals surface area contributed by atoms with E-state index in [4.69, 9.17) is 5.73 Å². The maximum Gasteiger partial charge on any atom is 0.0138 e. The van der Waals surface area contributed by atoms with E-state index in [1.54, 1.807) is 0 Å². The molecule has 1 saturated heterocycles. The van der Waals surface area contributed by atoms with Crippen LogP contribution in [-0.2, 0) is 12.8 Å². The first-order valence-electron chi connectivity index (χ1n) is 7.62. The van der Waals surface area contributed by atoms with Gasteiger partial charge in [-0.15, -0.1) is 0 Å². The van der Waals surface area contributed by atoms with Gasteiger partial charge in [0.25, 0.3) is 0 Å². The third-order valence-electron chi connectivity index (χ3n) is 3.85. The Bertz CT molecular complexity index is 369. The molecule has 0 unspecified atom stereocenters. The van der Waals surface area contributed by atoms with Crippen molar-refractivity contribution in [3.05, 3.63) is 35.4 Å². The summed E-state index contributed by atoms with van der Waals surface area (Å²) in [6.45, 7) is 7.95. The first-order valence-corrected chi connectivity index (χ1v) is 7.62. The average molecular weight is 260 g/mol. The number of hydrogen-bond acceptors (Lipinski definition) is 2. The van der Waals surface area contributed by atoms with Crippen LogP contribution < -0.4 is 5.73 Å². The number of hydrogen-bond donors (Lipinski definition) is 1. The maximum atomic E-state index is 6.06. The molecule has 2 heteroatoms. The summed E-state index contributed by atoms with van der Waals surface area (Å²) >= 11 is 0. The fraction of sp³-hybridized carbons (Fsp3) is 0.647. The molecule has 0 atom stereocenters. The van der Waals surface area contributed by atoms with Crippen LogP contribution in [0, 0.1) is 0 Å². The van der Waals surface area contributed by atoms with Gasteiger partial charge in [-0.1, -0.05) is 30.7 Å². The van der Waals surface area contributed by atoms with Crippen LogP contribution in [0.4, 0.5) is 0 Å². The normalized spacial score (nSPS) is 17.6. The SMILES string of the molecule is CC(C)(N)Cc1ccc(CCN2CCCCC2)cc1. The largest absolute Gasteiger partial charge is 0.325 e. The van der Waals surface area contributed by atoms with Crippen molar-refractivity contribution in [2.75, 3.05) is 19.6 Å². The first-order chi connectivity index (χ1) is 9.03. The first kappa shape index (κ1) is 14.5. The quantitative estimate of drug-likeness (QED) is 0.882. The smallest absolute Gasteiger partial charge is 0.0138 e. The van der Waals surface area contributed by atoms with Gasteiger partial charge >= 0.3 is 0 Å². The summed E-state index contributed by atoms with van der Waals surface area (Å²) in [6, 6.07) is 9.01. The lowest BCUT2D eigenvalue weighted by Gasteiger charge is -2.26. The zero-order valence-corrected chi connectivity index (χ0v) is 12.5. The number of likely N-dealkylation sites (tertiary alicyclic amines) is 1. The molecule has 1 fully saturated rings. The number of piperidine rings is 1. The van der Waals surface area contributed by atoms with Crippen LogP contribution in [-0.4, -0.2) is 30.1 Å². The second kappa shape index (κ2) is 6.53. The molecule has 2 nitrogen and oxygen atoms in total. The van der Waals surface area contributed by atoms with E-state index in [-0.39, 0.29) is 5.54 Å². The van der Waals surface area contributed by atoms with E-state index >= 15 is 0 Å². The zero-order valence-electron chi connectivity index (χ0n) is 12.5. The molecular weight excluding hydrogens is 232 g/mol. The third-order valence-corrected chi connectivity index (χ3v) is 3.85. The molecule has 106 valence electrons. The molecule has 19 heavy (non-hydrogen) atoms. The van der Waals surface area contributed by atoms with E-state index in [1.807, 2.05) is 0 Å². The van der Waals surface area contributed by atoms with Crippen molar-refractivity contribution in [1.82, 2.24) is 4.90 Å². The van der Waals surface area contributed by atoms with E-state index in [9.17, 15) is 0 Å². The molecule has 2 rings (SSSR count). The Kier molecular flexibility index (Phi) is 5.00. The summed E-state index contributed by atoms with van der Waals surface area (Å²) < 4.78 is 0. The highest BCUT2D eigenvalue weighted by molar-refractivity contribution is 5.24. The Balaban J connectivity index is 1.81. The van der Waals surface area contributed by atoms with Crippen LogP contribution in [0.3, 0.4) is 0 Å². The lowest BCUT2D eigenvalue weighted by molar-refractivity contribution is 0.231. The molecule has 0 aromatic heterocycles. The van der Waals surface area contributed by atoms with E-state index in [2.05, 4.69) is 43.0 Å². The van der Waals surface area contributed by atoms with Crippen molar-refractivity contribution in [2.45, 2.75) is 51.5 Å². The molecule has 1 aromatic carbocycles. The number of nitrogens with two attached hydrogens (primary N) is 1. The van der Waals surface area contributed by atoms with Crippen molar-refractivity contribution < 1.29 is 0 Å². The summed E-state index contributed by atoms with van der Waals surface area (Å²) in [7, 11) is 0. The van der Waals surface area contributed by atoms with Gasteiger partial charge in [0.15, 0.2) is 0 Å². The number of benzene rings is 1. The molecule has 0 aliphatic carbocycles. The Morgan fingerprint density at radius 3 is 2.16 bits per heavy atom. The van der Waals surface area contributed by atoms with Crippen molar-refractivity contribution in [3.8, 4) is 0 Å². The Morgan fingerprint density at radius 2 is 1.58 bits per heavy atom. The van der Waals surface area contributed by atoms with Crippen molar-refractivity contribution in [2.24, 2.45) is 5.73 Å². The van der Waals surface area contributed by atoms with Crippen molar-refractivity contribution in [1.29, 1.82) is 0 Å². The van der Waals surface area contributed by atoms with Gasteiger partial charge in [-0.2, -0.15) is 0 Å². The molecule has 0 amide bonds. The Hall–Kier alpha value is -0.860. The highest BCUT2D eigenvalue weighted by Gasteiger charge is 2.12. The Labute approximate surface area is 118 Å². The van der Waals surface area contributed by atoms with Gasteiger partial charge in [0, 0.05) is 12.1 Å². The lowest BCUT2D eigenvalue weighted by Crippen LogP contribution is -2.34. The summed E-state index contributed by atoms with van der Waals surface area (Å²) in [5.74, 6) is 0. The van der Waals surface area contributed by atoms with Gasteiger partial charge in [0.05, 0.1) is 0 Å². The summed E-state index contributed by atoms with van der Waals surface area (Å²) in [6.07, 6.45) is 6.29. The predicted molar refractivity (Wildman–Crippen MR) is 82.4 cm³/mol. The van der Waals surface area contributed by atoms with E-state index in [1.165, 1.54) is 56.4 Å². The van der Waals surface area contributed by atoms with Crippen LogP contribution in [0.2, 0.25) is 0 Å². The van der Waals surface area contributed by atoms with E-state index < -0.39 is 0 Å². The fourth-order valence-electron chi connectivity index (χ4n) is 2.82. The molecule has 1 heterocycles. The average Bonchev–Trinajstić information content (AvgIpc) is 2.37. The fourth-order valence-corrected chi connectivity index (χ4v) is 2.82. The van der Waals surface area contributed by atoms with Gasteiger partial charge in [0.2, 0.25) is 0 Å². The summed E-state index contributed by atoms with van der Waals surface area (Å²) in [5, 5.41) is 0. The molecular formula is C17H28N2. The third kappa shape index (κ3) is 5.33. The minimum absolute atomic E-state index is 0.116.